The Morgan fingerprint density at radius 2 is 2.35 bits per heavy atom. The third kappa shape index (κ3) is 3.31. The van der Waals surface area contributed by atoms with Crippen molar-refractivity contribution in [3.05, 3.63) is 53.9 Å². The predicted octanol–water partition coefficient (Wildman–Crippen LogP) is 2.37. The van der Waals surface area contributed by atoms with E-state index in [0.717, 1.165) is 5.56 Å². The lowest BCUT2D eigenvalue weighted by Gasteiger charge is -1.97. The van der Waals surface area contributed by atoms with E-state index in [9.17, 15) is 4.79 Å². The molecule has 0 saturated heterocycles. The number of hydrogen-bond donors (Lipinski definition) is 2. The van der Waals surface area contributed by atoms with Crippen LogP contribution in [0.4, 0.5) is 5.95 Å². The Hall–Kier alpha value is -2.36. The number of nitrogens with zero attached hydrogens (tertiary/aromatic N) is 1. The van der Waals surface area contributed by atoms with Gasteiger partial charge in [-0.25, -0.2) is 4.98 Å². The number of nitrogens with one attached hydrogen (secondary N) is 2. The van der Waals surface area contributed by atoms with Gasteiger partial charge in [-0.3, -0.25) is 10.1 Å². The van der Waals surface area contributed by atoms with E-state index in [1.807, 2.05) is 31.2 Å². The lowest BCUT2D eigenvalue weighted by Crippen LogP contribution is -2.08. The van der Waals surface area contributed by atoms with Crippen LogP contribution < -0.4 is 5.32 Å². The molecule has 1 aromatic carbocycles. The number of anilines is 1. The SMILES string of the molecule is Cc1cccc(C=CC(=O)Nc2ncc[nH]2)c1. The summed E-state index contributed by atoms with van der Waals surface area (Å²) in [5, 5.41) is 2.61. The highest BCUT2D eigenvalue weighted by atomic mass is 16.1. The maximum atomic E-state index is 11.5. The van der Waals surface area contributed by atoms with Gasteiger partial charge in [0.25, 0.3) is 5.91 Å². The molecule has 2 rings (SSSR count). The summed E-state index contributed by atoms with van der Waals surface area (Å²) in [6, 6.07) is 7.93. The highest BCUT2D eigenvalue weighted by Crippen LogP contribution is 2.06. The zero-order chi connectivity index (χ0) is 12.1. The average Bonchev–Trinajstić information content (AvgIpc) is 2.79. The third-order valence-corrected chi connectivity index (χ3v) is 2.21. The topological polar surface area (TPSA) is 57.8 Å². The molecule has 0 spiro atoms. The van der Waals surface area contributed by atoms with Gasteiger partial charge < -0.3 is 4.98 Å². The number of carbonyl (C=O) groups is 1. The Morgan fingerprint density at radius 3 is 3.06 bits per heavy atom. The molecule has 4 nitrogen and oxygen atoms in total. The molecule has 0 atom stereocenters. The lowest BCUT2D eigenvalue weighted by atomic mass is 10.1. The summed E-state index contributed by atoms with van der Waals surface area (Å²) < 4.78 is 0. The molecule has 2 aromatic rings. The summed E-state index contributed by atoms with van der Waals surface area (Å²) in [5.74, 6) is 0.241. The van der Waals surface area contributed by atoms with Crippen molar-refractivity contribution in [3.8, 4) is 0 Å². The number of aryl methyl sites for hydroxylation is 1. The minimum atomic E-state index is -0.207. The second kappa shape index (κ2) is 5.12. The molecular formula is C13H13N3O. The number of aromatic amines is 1. The number of carbonyl (C=O) groups excluding carboxylic acids is 1. The summed E-state index contributed by atoms with van der Waals surface area (Å²) >= 11 is 0. The smallest absolute Gasteiger partial charge is 0.250 e. The Bertz CT molecular complexity index is 529. The number of imidazole rings is 1. The molecule has 4 heteroatoms. The molecule has 1 heterocycles. The van der Waals surface area contributed by atoms with Gasteiger partial charge in [-0.2, -0.15) is 0 Å². The van der Waals surface area contributed by atoms with Crippen LogP contribution in [-0.2, 0) is 4.79 Å². The van der Waals surface area contributed by atoms with Gasteiger partial charge in [0.2, 0.25) is 5.95 Å². The van der Waals surface area contributed by atoms with Gasteiger partial charge in [0, 0.05) is 18.5 Å². The maximum Gasteiger partial charge on any atom is 0.250 e. The zero-order valence-electron chi connectivity index (χ0n) is 9.47. The first-order chi connectivity index (χ1) is 8.24. The fourth-order valence-electron chi connectivity index (χ4n) is 1.44. The highest BCUT2D eigenvalue weighted by Gasteiger charge is 1.98. The van der Waals surface area contributed by atoms with Crippen LogP contribution in [0, 0.1) is 6.92 Å². The molecule has 0 unspecified atom stereocenters. The first-order valence-corrected chi connectivity index (χ1v) is 5.29. The van der Waals surface area contributed by atoms with E-state index in [2.05, 4.69) is 15.3 Å². The fourth-order valence-corrected chi connectivity index (χ4v) is 1.44. The van der Waals surface area contributed by atoms with Gasteiger partial charge in [-0.1, -0.05) is 29.8 Å². The molecule has 0 fully saturated rings. The van der Waals surface area contributed by atoms with Crippen molar-refractivity contribution in [1.82, 2.24) is 9.97 Å². The summed E-state index contributed by atoms with van der Waals surface area (Å²) in [6.07, 6.45) is 6.49. The summed E-state index contributed by atoms with van der Waals surface area (Å²) in [5.41, 5.74) is 2.16. The normalized spacial score (nSPS) is 10.6. The molecule has 0 bridgehead atoms. The molecule has 0 aliphatic carbocycles. The number of aromatic nitrogens is 2. The van der Waals surface area contributed by atoms with Crippen LogP contribution >= 0.6 is 0 Å². The van der Waals surface area contributed by atoms with Crippen molar-refractivity contribution in [3.63, 3.8) is 0 Å². The largest absolute Gasteiger partial charge is 0.331 e. The van der Waals surface area contributed by atoms with Crippen molar-refractivity contribution in [2.45, 2.75) is 6.92 Å². The Balaban J connectivity index is 1.99. The van der Waals surface area contributed by atoms with Crippen molar-refractivity contribution in [1.29, 1.82) is 0 Å². The number of rotatable bonds is 3. The second-order valence-electron chi connectivity index (χ2n) is 3.67. The van der Waals surface area contributed by atoms with Crippen LogP contribution in [0.5, 0.6) is 0 Å². The minimum absolute atomic E-state index is 0.207. The standard InChI is InChI=1S/C13H13N3O/c1-10-3-2-4-11(9-10)5-6-12(17)16-13-14-7-8-15-13/h2-9H,1H3,(H2,14,15,16,17). The van der Waals surface area contributed by atoms with E-state index in [4.69, 9.17) is 0 Å². The summed E-state index contributed by atoms with van der Waals surface area (Å²) in [6.45, 7) is 2.01. The second-order valence-corrected chi connectivity index (χ2v) is 3.67. The molecule has 17 heavy (non-hydrogen) atoms. The van der Waals surface area contributed by atoms with Crippen molar-refractivity contribution in [2.24, 2.45) is 0 Å². The van der Waals surface area contributed by atoms with Gasteiger partial charge in [0.15, 0.2) is 0 Å². The summed E-state index contributed by atoms with van der Waals surface area (Å²) in [7, 11) is 0. The molecule has 2 N–H and O–H groups in total. The van der Waals surface area contributed by atoms with Gasteiger partial charge >= 0.3 is 0 Å². The molecule has 0 radical (unpaired) electrons. The molecule has 1 amide bonds. The summed E-state index contributed by atoms with van der Waals surface area (Å²) in [4.78, 5) is 18.2. The quantitative estimate of drug-likeness (QED) is 0.791. The molecule has 0 aliphatic heterocycles. The number of amides is 1. The number of benzene rings is 1. The van der Waals surface area contributed by atoms with Crippen LogP contribution in [0.25, 0.3) is 6.08 Å². The van der Waals surface area contributed by atoms with Gasteiger partial charge in [-0.15, -0.1) is 0 Å². The van der Waals surface area contributed by atoms with E-state index in [-0.39, 0.29) is 5.91 Å². The highest BCUT2D eigenvalue weighted by molar-refractivity contribution is 6.00. The Labute approximate surface area is 99.4 Å². The Kier molecular flexibility index (Phi) is 3.35. The molecule has 86 valence electrons. The van der Waals surface area contributed by atoms with E-state index in [0.29, 0.717) is 5.95 Å². The Morgan fingerprint density at radius 1 is 1.47 bits per heavy atom. The van der Waals surface area contributed by atoms with Crippen LogP contribution in [0.2, 0.25) is 0 Å². The maximum absolute atomic E-state index is 11.5. The average molecular weight is 227 g/mol. The van der Waals surface area contributed by atoms with Gasteiger partial charge in [0.1, 0.15) is 0 Å². The van der Waals surface area contributed by atoms with Gasteiger partial charge in [0.05, 0.1) is 0 Å². The zero-order valence-corrected chi connectivity index (χ0v) is 9.47. The third-order valence-electron chi connectivity index (χ3n) is 2.21. The van der Waals surface area contributed by atoms with E-state index >= 15 is 0 Å². The van der Waals surface area contributed by atoms with Crippen molar-refractivity contribution < 1.29 is 4.79 Å². The molecule has 1 aromatic heterocycles. The van der Waals surface area contributed by atoms with Crippen molar-refractivity contribution in [2.75, 3.05) is 5.32 Å². The monoisotopic (exact) mass is 227 g/mol. The number of H-pyrrole nitrogens is 1. The predicted molar refractivity (Wildman–Crippen MR) is 67.4 cm³/mol. The molecule has 0 aliphatic rings. The number of hydrogen-bond acceptors (Lipinski definition) is 2. The van der Waals surface area contributed by atoms with Gasteiger partial charge in [-0.05, 0) is 18.6 Å². The fraction of sp³-hybridized carbons (Fsp3) is 0.0769. The molecule has 0 saturated carbocycles. The lowest BCUT2D eigenvalue weighted by molar-refractivity contribution is -0.111. The van der Waals surface area contributed by atoms with Crippen LogP contribution in [0.15, 0.2) is 42.7 Å². The molecular weight excluding hydrogens is 214 g/mol. The van der Waals surface area contributed by atoms with Crippen LogP contribution in [0.3, 0.4) is 0 Å². The van der Waals surface area contributed by atoms with E-state index in [1.165, 1.54) is 11.6 Å². The van der Waals surface area contributed by atoms with Crippen molar-refractivity contribution >= 4 is 17.9 Å². The first-order valence-electron chi connectivity index (χ1n) is 5.29. The van der Waals surface area contributed by atoms with E-state index < -0.39 is 0 Å². The van der Waals surface area contributed by atoms with Crippen LogP contribution in [0.1, 0.15) is 11.1 Å². The minimum Gasteiger partial charge on any atom is -0.331 e. The first kappa shape index (κ1) is 11.1. The van der Waals surface area contributed by atoms with E-state index in [1.54, 1.807) is 18.5 Å². The van der Waals surface area contributed by atoms with Crippen LogP contribution in [-0.4, -0.2) is 15.9 Å².